The number of pyridine rings is 1. The molecule has 1 aliphatic rings. The fourth-order valence-electron chi connectivity index (χ4n) is 4.14. The van der Waals surface area contributed by atoms with E-state index >= 15 is 0 Å². The molecule has 176 valence electrons. The Hall–Kier alpha value is -3.92. The molecule has 2 heterocycles. The van der Waals surface area contributed by atoms with Gasteiger partial charge in [0.05, 0.1) is 11.1 Å². The number of fused-ring (bicyclic) bond motifs is 1. The third-order valence-electron chi connectivity index (χ3n) is 5.87. The van der Waals surface area contributed by atoms with Crippen molar-refractivity contribution in [3.05, 3.63) is 81.8 Å². The van der Waals surface area contributed by atoms with E-state index in [0.717, 1.165) is 38.1 Å². The number of rotatable bonds is 7. The van der Waals surface area contributed by atoms with Crippen molar-refractivity contribution in [1.29, 1.82) is 5.53 Å². The Bertz CT molecular complexity index is 1320. The number of aromatic nitrogens is 1. The van der Waals surface area contributed by atoms with Crippen LogP contribution in [-0.4, -0.2) is 42.0 Å². The van der Waals surface area contributed by atoms with E-state index in [9.17, 15) is 18.4 Å². The SMILES string of the molecule is CNC[C@H]1CCCN1C(=O)c1ccc(N/C=C(\N=N)c2cc3cc(F)c(F)cc3[nH]c2=O)cc1. The number of amides is 1. The first-order valence-electron chi connectivity index (χ1n) is 10.8. The molecule has 8 nitrogen and oxygen atoms in total. The van der Waals surface area contributed by atoms with Gasteiger partial charge < -0.3 is 20.5 Å². The van der Waals surface area contributed by atoms with Crippen molar-refractivity contribution in [3.63, 3.8) is 0 Å². The van der Waals surface area contributed by atoms with Crippen LogP contribution in [0.5, 0.6) is 0 Å². The van der Waals surface area contributed by atoms with Crippen LogP contribution >= 0.6 is 0 Å². The second-order valence-corrected chi connectivity index (χ2v) is 8.08. The smallest absolute Gasteiger partial charge is 0.258 e. The highest BCUT2D eigenvalue weighted by atomic mass is 19.2. The van der Waals surface area contributed by atoms with Gasteiger partial charge in [0.15, 0.2) is 11.6 Å². The lowest BCUT2D eigenvalue weighted by molar-refractivity contribution is 0.0737. The van der Waals surface area contributed by atoms with Crippen LogP contribution < -0.4 is 16.2 Å². The molecule has 1 amide bonds. The number of carbonyl (C=O) groups excluding carboxylic acids is 1. The molecule has 34 heavy (non-hydrogen) atoms. The third-order valence-corrected chi connectivity index (χ3v) is 5.87. The fraction of sp³-hybridized carbons (Fsp3) is 0.250. The number of nitrogens with zero attached hydrogens (tertiary/aromatic N) is 2. The van der Waals surface area contributed by atoms with Gasteiger partial charge in [0.2, 0.25) is 0 Å². The molecule has 1 atom stereocenters. The summed E-state index contributed by atoms with van der Waals surface area (Å²) in [5.41, 5.74) is 8.22. The van der Waals surface area contributed by atoms with Crippen molar-refractivity contribution >= 4 is 28.2 Å². The molecule has 4 N–H and O–H groups in total. The number of aromatic amines is 1. The molecule has 0 spiro atoms. The van der Waals surface area contributed by atoms with Gasteiger partial charge >= 0.3 is 0 Å². The molecule has 1 fully saturated rings. The summed E-state index contributed by atoms with van der Waals surface area (Å²) in [5.74, 6) is -2.13. The molecular weight excluding hydrogens is 442 g/mol. The van der Waals surface area contributed by atoms with E-state index in [2.05, 4.69) is 20.7 Å². The maximum Gasteiger partial charge on any atom is 0.258 e. The van der Waals surface area contributed by atoms with Crippen LogP contribution in [0.25, 0.3) is 16.6 Å². The number of anilines is 1. The summed E-state index contributed by atoms with van der Waals surface area (Å²) in [7, 11) is 1.87. The van der Waals surface area contributed by atoms with E-state index in [1.165, 1.54) is 12.3 Å². The molecule has 1 aliphatic heterocycles. The minimum absolute atomic E-state index is 0.00000948. The lowest BCUT2D eigenvalue weighted by Gasteiger charge is -2.24. The molecule has 0 unspecified atom stereocenters. The van der Waals surface area contributed by atoms with Crippen LogP contribution in [0.3, 0.4) is 0 Å². The molecule has 0 saturated carbocycles. The summed E-state index contributed by atoms with van der Waals surface area (Å²) in [5, 5.41) is 9.75. The molecule has 0 bridgehead atoms. The topological polar surface area (TPSA) is 113 Å². The number of hydrogen-bond acceptors (Lipinski definition) is 6. The number of benzene rings is 2. The molecule has 2 aromatic carbocycles. The van der Waals surface area contributed by atoms with E-state index in [-0.39, 0.29) is 34.1 Å². The molecule has 0 radical (unpaired) electrons. The summed E-state index contributed by atoms with van der Waals surface area (Å²) in [4.78, 5) is 29.7. The predicted molar refractivity (Wildman–Crippen MR) is 126 cm³/mol. The monoisotopic (exact) mass is 466 g/mol. The minimum Gasteiger partial charge on any atom is -0.360 e. The van der Waals surface area contributed by atoms with E-state index < -0.39 is 17.2 Å². The molecule has 1 aromatic heterocycles. The summed E-state index contributed by atoms with van der Waals surface area (Å²) in [6.45, 7) is 1.49. The lowest BCUT2D eigenvalue weighted by Crippen LogP contribution is -2.40. The lowest BCUT2D eigenvalue weighted by atomic mass is 10.1. The summed E-state index contributed by atoms with van der Waals surface area (Å²) in [6.07, 6.45) is 3.33. The molecule has 4 rings (SSSR count). The highest BCUT2D eigenvalue weighted by Crippen LogP contribution is 2.22. The zero-order valence-corrected chi connectivity index (χ0v) is 18.5. The zero-order valence-electron chi connectivity index (χ0n) is 18.5. The Morgan fingerprint density at radius 3 is 2.68 bits per heavy atom. The van der Waals surface area contributed by atoms with Crippen molar-refractivity contribution in [2.24, 2.45) is 5.11 Å². The van der Waals surface area contributed by atoms with Gasteiger partial charge in [-0.25, -0.2) is 14.3 Å². The number of likely N-dealkylation sites (N-methyl/N-ethyl adjacent to an activating group) is 1. The normalized spacial score (nSPS) is 16.1. The van der Waals surface area contributed by atoms with Gasteiger partial charge in [-0.05, 0) is 56.3 Å². The highest BCUT2D eigenvalue weighted by molar-refractivity contribution is 5.95. The number of nitrogens with one attached hydrogen (secondary N) is 4. The van der Waals surface area contributed by atoms with Crippen LogP contribution in [0.2, 0.25) is 0 Å². The second-order valence-electron chi connectivity index (χ2n) is 8.08. The van der Waals surface area contributed by atoms with Crippen LogP contribution in [0.4, 0.5) is 14.5 Å². The Morgan fingerprint density at radius 2 is 1.97 bits per heavy atom. The van der Waals surface area contributed by atoms with Crippen molar-refractivity contribution in [3.8, 4) is 0 Å². The molecule has 1 saturated heterocycles. The predicted octanol–water partition coefficient (Wildman–Crippen LogP) is 4.07. The summed E-state index contributed by atoms with van der Waals surface area (Å²) >= 11 is 0. The van der Waals surface area contributed by atoms with Crippen molar-refractivity contribution in [2.75, 3.05) is 25.5 Å². The number of halogens is 2. The quantitative estimate of drug-likeness (QED) is 0.393. The first-order chi connectivity index (χ1) is 16.4. The van der Waals surface area contributed by atoms with Gasteiger partial charge in [-0.1, -0.05) is 0 Å². The Labute approximate surface area is 194 Å². The first kappa shape index (κ1) is 23.2. The summed E-state index contributed by atoms with van der Waals surface area (Å²) in [6, 6.07) is 10.3. The molecule has 3 aromatic rings. The third kappa shape index (κ3) is 4.72. The Kier molecular flexibility index (Phi) is 6.78. The van der Waals surface area contributed by atoms with E-state index in [0.29, 0.717) is 11.3 Å². The van der Waals surface area contributed by atoms with Crippen LogP contribution in [0, 0.1) is 17.2 Å². The molecule has 10 heteroatoms. The van der Waals surface area contributed by atoms with Gasteiger partial charge in [-0.3, -0.25) is 9.59 Å². The van der Waals surface area contributed by atoms with Crippen LogP contribution in [0.1, 0.15) is 28.8 Å². The first-order valence-corrected chi connectivity index (χ1v) is 10.8. The van der Waals surface area contributed by atoms with Crippen molar-refractivity contribution in [2.45, 2.75) is 18.9 Å². The molecular formula is C24H24F2N6O2. The largest absolute Gasteiger partial charge is 0.360 e. The maximum absolute atomic E-state index is 13.6. The fourth-order valence-corrected chi connectivity index (χ4v) is 4.14. The van der Waals surface area contributed by atoms with Crippen molar-refractivity contribution < 1.29 is 13.6 Å². The maximum atomic E-state index is 13.6. The average molecular weight is 466 g/mol. The van der Waals surface area contributed by atoms with Gasteiger partial charge in [0.1, 0.15) is 5.70 Å². The van der Waals surface area contributed by atoms with Gasteiger partial charge in [0.25, 0.3) is 11.5 Å². The van der Waals surface area contributed by atoms with Gasteiger partial charge in [0, 0.05) is 48.0 Å². The van der Waals surface area contributed by atoms with E-state index in [4.69, 9.17) is 5.53 Å². The highest BCUT2D eigenvalue weighted by Gasteiger charge is 2.28. The zero-order chi connectivity index (χ0) is 24.2. The number of hydrogen-bond donors (Lipinski definition) is 4. The van der Waals surface area contributed by atoms with E-state index in [1.807, 2.05) is 11.9 Å². The number of carbonyl (C=O) groups is 1. The minimum atomic E-state index is -1.07. The Morgan fingerprint density at radius 1 is 1.24 bits per heavy atom. The van der Waals surface area contributed by atoms with E-state index in [1.54, 1.807) is 24.3 Å². The van der Waals surface area contributed by atoms with Crippen molar-refractivity contribution in [1.82, 2.24) is 15.2 Å². The average Bonchev–Trinajstić information content (AvgIpc) is 3.29. The standard InChI is InChI=1S/C24H24F2N6O2/c1-28-12-17-3-2-8-32(17)24(34)14-4-6-16(7-5-14)29-13-22(31-27)18-9-15-10-19(25)20(26)11-21(15)30-23(18)33/h4-7,9-11,13,17,27-29H,2-3,8,12H2,1H3,(H,30,33)/b22-13-,31-27?/t17-/m1/s1. The number of likely N-dealkylation sites (tertiary alicyclic amines) is 1. The van der Waals surface area contributed by atoms with Gasteiger partial charge in [-0.2, -0.15) is 5.11 Å². The van der Waals surface area contributed by atoms with Gasteiger partial charge in [-0.15, -0.1) is 0 Å². The van der Waals surface area contributed by atoms with Crippen LogP contribution in [0.15, 0.2) is 58.6 Å². The van der Waals surface area contributed by atoms with Crippen LogP contribution in [-0.2, 0) is 0 Å². The Balaban J connectivity index is 1.53. The second kappa shape index (κ2) is 9.92. The number of H-pyrrole nitrogens is 1. The molecule has 0 aliphatic carbocycles. The summed E-state index contributed by atoms with van der Waals surface area (Å²) < 4.78 is 27.0.